The number of thiol groups is 1. The predicted octanol–water partition coefficient (Wildman–Crippen LogP) is 1.36. The first-order valence-corrected chi connectivity index (χ1v) is 5.24. The van der Waals surface area contributed by atoms with Gasteiger partial charge in [0, 0.05) is 13.1 Å². The predicted molar refractivity (Wildman–Crippen MR) is 52.4 cm³/mol. The van der Waals surface area contributed by atoms with Crippen LogP contribution in [0.15, 0.2) is 0 Å². The van der Waals surface area contributed by atoms with Crippen LogP contribution in [-0.4, -0.2) is 42.9 Å². The van der Waals surface area contributed by atoms with Gasteiger partial charge in [-0.05, 0) is 31.6 Å². The van der Waals surface area contributed by atoms with E-state index in [0.29, 0.717) is 0 Å². The standard InChI is InChI=1S/C6H16N2S2/c1-4-7(2)5-6-8(3)10-9/h9H,4-6H2,1-3H3. The van der Waals surface area contributed by atoms with Gasteiger partial charge in [0.15, 0.2) is 0 Å². The molecule has 0 unspecified atom stereocenters. The minimum atomic E-state index is 1.07. The lowest BCUT2D eigenvalue weighted by Crippen LogP contribution is -2.26. The lowest BCUT2D eigenvalue weighted by atomic mass is 10.5. The average Bonchev–Trinajstić information content (AvgIpc) is 1.99. The third kappa shape index (κ3) is 5.41. The zero-order valence-electron chi connectivity index (χ0n) is 6.87. The Balaban J connectivity index is 3.17. The molecule has 0 aromatic carbocycles. The summed E-state index contributed by atoms with van der Waals surface area (Å²) < 4.78 is 2.11. The summed E-state index contributed by atoms with van der Waals surface area (Å²) in [5, 5.41) is 0. The molecule has 0 bridgehead atoms. The van der Waals surface area contributed by atoms with Gasteiger partial charge in [-0.25, -0.2) is 4.31 Å². The summed E-state index contributed by atoms with van der Waals surface area (Å²) in [7, 11) is 5.64. The molecule has 62 valence electrons. The van der Waals surface area contributed by atoms with Crippen molar-refractivity contribution in [2.75, 3.05) is 33.7 Å². The number of nitrogens with zero attached hydrogens (tertiary/aromatic N) is 2. The van der Waals surface area contributed by atoms with E-state index in [1.807, 2.05) is 7.05 Å². The van der Waals surface area contributed by atoms with Gasteiger partial charge in [-0.2, -0.15) is 0 Å². The molecule has 0 N–H and O–H groups in total. The molecular weight excluding hydrogens is 164 g/mol. The van der Waals surface area contributed by atoms with E-state index in [-0.39, 0.29) is 0 Å². The lowest BCUT2D eigenvalue weighted by Gasteiger charge is -2.17. The van der Waals surface area contributed by atoms with Gasteiger partial charge in [0.05, 0.1) is 0 Å². The zero-order valence-corrected chi connectivity index (χ0v) is 8.58. The molecule has 0 atom stereocenters. The summed E-state index contributed by atoms with van der Waals surface area (Å²) >= 11 is 4.07. The van der Waals surface area contributed by atoms with Crippen LogP contribution in [0, 0.1) is 0 Å². The SMILES string of the molecule is CCN(C)CCN(C)SS. The minimum Gasteiger partial charge on any atom is -0.305 e. The lowest BCUT2D eigenvalue weighted by molar-refractivity contribution is 0.330. The van der Waals surface area contributed by atoms with Crippen LogP contribution in [0.3, 0.4) is 0 Å². The van der Waals surface area contributed by atoms with Gasteiger partial charge in [0.2, 0.25) is 0 Å². The van der Waals surface area contributed by atoms with E-state index in [2.05, 4.69) is 34.8 Å². The second-order valence-electron chi connectivity index (χ2n) is 2.33. The Labute approximate surface area is 72.9 Å². The zero-order chi connectivity index (χ0) is 7.98. The molecule has 0 aromatic heterocycles. The van der Waals surface area contributed by atoms with Crippen molar-refractivity contribution < 1.29 is 0 Å². The molecular formula is C6H16N2S2. The molecule has 0 fully saturated rings. The third-order valence-electron chi connectivity index (χ3n) is 1.48. The van der Waals surface area contributed by atoms with Gasteiger partial charge in [-0.15, -0.1) is 0 Å². The van der Waals surface area contributed by atoms with Crippen LogP contribution in [0.2, 0.25) is 0 Å². The smallest absolute Gasteiger partial charge is 0.0222 e. The molecule has 0 rings (SSSR count). The summed E-state index contributed by atoms with van der Waals surface area (Å²) in [6.45, 7) is 5.46. The molecule has 0 aliphatic carbocycles. The summed E-state index contributed by atoms with van der Waals surface area (Å²) in [4.78, 5) is 2.28. The highest BCUT2D eigenvalue weighted by Gasteiger charge is 1.97. The van der Waals surface area contributed by atoms with Crippen molar-refractivity contribution in [3.63, 3.8) is 0 Å². The van der Waals surface area contributed by atoms with Crippen molar-refractivity contribution in [1.29, 1.82) is 0 Å². The quantitative estimate of drug-likeness (QED) is 0.388. The van der Waals surface area contributed by atoms with Crippen LogP contribution >= 0.6 is 22.6 Å². The molecule has 0 spiro atoms. The summed E-state index contributed by atoms with van der Waals surface area (Å²) in [6.07, 6.45) is 0. The van der Waals surface area contributed by atoms with Crippen LogP contribution in [0.5, 0.6) is 0 Å². The first-order valence-electron chi connectivity index (χ1n) is 3.42. The highest BCUT2D eigenvalue weighted by molar-refractivity contribution is 8.67. The first-order chi connectivity index (χ1) is 4.70. The second kappa shape index (κ2) is 6.34. The molecule has 0 aromatic rings. The molecule has 10 heavy (non-hydrogen) atoms. The molecule has 0 radical (unpaired) electrons. The molecule has 0 aliphatic heterocycles. The maximum absolute atomic E-state index is 4.07. The Hall–Kier alpha value is 0.620. The summed E-state index contributed by atoms with van der Waals surface area (Å²) in [5.41, 5.74) is 0. The maximum Gasteiger partial charge on any atom is 0.0222 e. The number of hydrogen-bond donors (Lipinski definition) is 1. The van der Waals surface area contributed by atoms with E-state index < -0.39 is 0 Å². The van der Waals surface area contributed by atoms with Crippen molar-refractivity contribution in [1.82, 2.24) is 9.21 Å². The fourth-order valence-corrected chi connectivity index (χ4v) is 0.919. The second-order valence-corrected chi connectivity index (χ2v) is 3.61. The van der Waals surface area contributed by atoms with Gasteiger partial charge in [0.1, 0.15) is 0 Å². The normalized spacial score (nSPS) is 11.4. The van der Waals surface area contributed by atoms with Crippen LogP contribution in [-0.2, 0) is 0 Å². The van der Waals surface area contributed by atoms with Crippen LogP contribution in [0.1, 0.15) is 6.92 Å². The molecule has 0 aliphatic rings. The van der Waals surface area contributed by atoms with E-state index in [4.69, 9.17) is 0 Å². The van der Waals surface area contributed by atoms with Gasteiger partial charge in [0.25, 0.3) is 0 Å². The Morgan fingerprint density at radius 3 is 2.30 bits per heavy atom. The number of likely N-dealkylation sites (N-methyl/N-ethyl adjacent to an activating group) is 2. The van der Waals surface area contributed by atoms with Crippen LogP contribution < -0.4 is 0 Å². The molecule has 0 saturated carbocycles. The molecule has 4 heteroatoms. The third-order valence-corrected chi connectivity index (χ3v) is 2.77. The summed E-state index contributed by atoms with van der Waals surface area (Å²) in [5.74, 6) is 0. The minimum absolute atomic E-state index is 1.07. The Kier molecular flexibility index (Phi) is 6.73. The van der Waals surface area contributed by atoms with E-state index >= 15 is 0 Å². The van der Waals surface area contributed by atoms with Gasteiger partial charge in [-0.3, -0.25) is 0 Å². The molecule has 0 amide bonds. The van der Waals surface area contributed by atoms with Crippen molar-refractivity contribution >= 4 is 22.6 Å². The van der Waals surface area contributed by atoms with Crippen molar-refractivity contribution in [3.8, 4) is 0 Å². The van der Waals surface area contributed by atoms with Crippen molar-refractivity contribution in [2.45, 2.75) is 6.92 Å². The van der Waals surface area contributed by atoms with Gasteiger partial charge in [-0.1, -0.05) is 18.6 Å². The topological polar surface area (TPSA) is 6.48 Å². The highest BCUT2D eigenvalue weighted by Crippen LogP contribution is 2.09. The Morgan fingerprint density at radius 1 is 1.30 bits per heavy atom. The fraction of sp³-hybridized carbons (Fsp3) is 1.00. The van der Waals surface area contributed by atoms with Crippen LogP contribution in [0.4, 0.5) is 0 Å². The number of hydrogen-bond acceptors (Lipinski definition) is 4. The monoisotopic (exact) mass is 180 g/mol. The van der Waals surface area contributed by atoms with E-state index in [0.717, 1.165) is 19.6 Å². The molecule has 2 nitrogen and oxygen atoms in total. The Bertz CT molecular complexity index is 70.1. The van der Waals surface area contributed by atoms with Crippen LogP contribution in [0.25, 0.3) is 0 Å². The first kappa shape index (κ1) is 10.6. The highest BCUT2D eigenvalue weighted by atomic mass is 33.1. The fourth-order valence-electron chi connectivity index (χ4n) is 0.510. The molecule has 0 saturated heterocycles. The Morgan fingerprint density at radius 2 is 1.90 bits per heavy atom. The number of rotatable bonds is 5. The average molecular weight is 180 g/mol. The van der Waals surface area contributed by atoms with Crippen molar-refractivity contribution in [2.24, 2.45) is 0 Å². The van der Waals surface area contributed by atoms with Gasteiger partial charge < -0.3 is 4.90 Å². The molecule has 0 heterocycles. The van der Waals surface area contributed by atoms with Crippen molar-refractivity contribution in [3.05, 3.63) is 0 Å². The van der Waals surface area contributed by atoms with Gasteiger partial charge >= 0.3 is 0 Å². The maximum atomic E-state index is 4.07. The van der Waals surface area contributed by atoms with E-state index in [9.17, 15) is 0 Å². The van der Waals surface area contributed by atoms with E-state index in [1.54, 1.807) is 0 Å². The largest absolute Gasteiger partial charge is 0.305 e. The summed E-state index contributed by atoms with van der Waals surface area (Å²) in [6, 6.07) is 0. The van der Waals surface area contributed by atoms with E-state index in [1.165, 1.54) is 11.0 Å².